The summed E-state index contributed by atoms with van der Waals surface area (Å²) in [5, 5.41) is 10.3. The average Bonchev–Trinajstić information content (AvgIpc) is 3.11. The van der Waals surface area contributed by atoms with Gasteiger partial charge in [0.2, 0.25) is 0 Å². The van der Waals surface area contributed by atoms with Gasteiger partial charge in [0, 0.05) is 38.1 Å². The van der Waals surface area contributed by atoms with Crippen LogP contribution in [-0.2, 0) is 0 Å². The maximum absolute atomic E-state index is 6.98. The van der Waals surface area contributed by atoms with Crippen molar-refractivity contribution in [2.45, 2.75) is 31.7 Å². The standard InChI is InChI=1S/C12H22N4/c13-7-11(14)8-15-12-3-5-16(6-4-12)9-10-1-2-10/h7-8,10,12-13,15H,1-6,9,14H2/b11-8+,13-7?. The minimum atomic E-state index is 0.500. The van der Waals surface area contributed by atoms with E-state index in [4.69, 9.17) is 11.1 Å². The molecule has 0 aromatic carbocycles. The Morgan fingerprint density at radius 2 is 2.00 bits per heavy atom. The van der Waals surface area contributed by atoms with Gasteiger partial charge in [-0.3, -0.25) is 0 Å². The van der Waals surface area contributed by atoms with Crippen LogP contribution >= 0.6 is 0 Å². The maximum Gasteiger partial charge on any atom is 0.0652 e. The zero-order valence-electron chi connectivity index (χ0n) is 9.78. The molecule has 4 heteroatoms. The zero-order valence-corrected chi connectivity index (χ0v) is 9.78. The van der Waals surface area contributed by atoms with Crippen molar-refractivity contribution >= 4 is 6.21 Å². The molecular weight excluding hydrogens is 200 g/mol. The lowest BCUT2D eigenvalue weighted by Crippen LogP contribution is -2.41. The second-order valence-corrected chi connectivity index (χ2v) is 4.97. The quantitative estimate of drug-likeness (QED) is 0.606. The number of nitrogens with one attached hydrogen (secondary N) is 2. The van der Waals surface area contributed by atoms with E-state index < -0.39 is 0 Å². The van der Waals surface area contributed by atoms with Crippen LogP contribution in [-0.4, -0.2) is 36.8 Å². The maximum atomic E-state index is 6.98. The van der Waals surface area contributed by atoms with Crippen molar-refractivity contribution in [2.75, 3.05) is 19.6 Å². The highest BCUT2D eigenvalue weighted by Crippen LogP contribution is 2.30. The first-order valence-electron chi connectivity index (χ1n) is 6.22. The Labute approximate surface area is 97.4 Å². The molecular formula is C12H22N4. The van der Waals surface area contributed by atoms with E-state index in [-0.39, 0.29) is 0 Å². The number of nitrogens with two attached hydrogens (primary N) is 1. The molecule has 1 aliphatic heterocycles. The van der Waals surface area contributed by atoms with Crippen molar-refractivity contribution in [3.05, 3.63) is 11.9 Å². The number of nitrogens with zero attached hydrogens (tertiary/aromatic N) is 1. The van der Waals surface area contributed by atoms with Gasteiger partial charge >= 0.3 is 0 Å². The fourth-order valence-corrected chi connectivity index (χ4v) is 2.20. The molecule has 0 aromatic rings. The third-order valence-corrected chi connectivity index (χ3v) is 3.45. The summed E-state index contributed by atoms with van der Waals surface area (Å²) in [4.78, 5) is 2.58. The summed E-state index contributed by atoms with van der Waals surface area (Å²) < 4.78 is 0. The van der Waals surface area contributed by atoms with E-state index in [2.05, 4.69) is 10.2 Å². The van der Waals surface area contributed by atoms with Crippen LogP contribution in [0.4, 0.5) is 0 Å². The molecule has 0 aromatic heterocycles. The molecule has 0 spiro atoms. The van der Waals surface area contributed by atoms with Crippen LogP contribution in [0.1, 0.15) is 25.7 Å². The lowest BCUT2D eigenvalue weighted by atomic mass is 10.0. The normalized spacial score (nSPS) is 24.4. The Balaban J connectivity index is 1.66. The van der Waals surface area contributed by atoms with Gasteiger partial charge in [-0.05, 0) is 31.6 Å². The van der Waals surface area contributed by atoms with E-state index in [1.54, 1.807) is 6.20 Å². The number of allylic oxidation sites excluding steroid dienone is 1. The van der Waals surface area contributed by atoms with Crippen molar-refractivity contribution in [3.63, 3.8) is 0 Å². The summed E-state index contributed by atoms with van der Waals surface area (Å²) in [6.07, 6.45) is 8.19. The van der Waals surface area contributed by atoms with Gasteiger partial charge in [0.15, 0.2) is 0 Å². The van der Waals surface area contributed by atoms with Gasteiger partial charge in [0.05, 0.1) is 5.70 Å². The number of hydrogen-bond donors (Lipinski definition) is 3. The van der Waals surface area contributed by atoms with Crippen LogP contribution in [0.15, 0.2) is 11.9 Å². The van der Waals surface area contributed by atoms with E-state index in [0.717, 1.165) is 5.92 Å². The third kappa shape index (κ3) is 3.52. The fourth-order valence-electron chi connectivity index (χ4n) is 2.20. The summed E-state index contributed by atoms with van der Waals surface area (Å²) in [5.74, 6) is 0.998. The van der Waals surface area contributed by atoms with E-state index in [9.17, 15) is 0 Å². The molecule has 2 fully saturated rings. The van der Waals surface area contributed by atoms with Crippen molar-refractivity contribution in [3.8, 4) is 0 Å². The molecule has 0 atom stereocenters. The van der Waals surface area contributed by atoms with Crippen LogP contribution in [0.2, 0.25) is 0 Å². The Morgan fingerprint density at radius 1 is 1.31 bits per heavy atom. The molecule has 16 heavy (non-hydrogen) atoms. The van der Waals surface area contributed by atoms with Crippen LogP contribution in [0.3, 0.4) is 0 Å². The lowest BCUT2D eigenvalue weighted by molar-refractivity contribution is 0.197. The van der Waals surface area contributed by atoms with Gasteiger partial charge < -0.3 is 21.4 Å². The molecule has 0 unspecified atom stereocenters. The summed E-state index contributed by atoms with van der Waals surface area (Å²) in [7, 11) is 0. The van der Waals surface area contributed by atoms with E-state index in [1.807, 2.05) is 0 Å². The second kappa shape index (κ2) is 5.34. The molecule has 4 N–H and O–H groups in total. The number of piperidine rings is 1. The first kappa shape index (κ1) is 11.5. The number of rotatable bonds is 5. The van der Waals surface area contributed by atoms with Gasteiger partial charge in [0.1, 0.15) is 0 Å². The van der Waals surface area contributed by atoms with Crippen LogP contribution in [0.25, 0.3) is 0 Å². The summed E-state index contributed by atoms with van der Waals surface area (Å²) in [5.41, 5.74) is 6.04. The van der Waals surface area contributed by atoms with Gasteiger partial charge in [-0.2, -0.15) is 0 Å². The van der Waals surface area contributed by atoms with Crippen LogP contribution < -0.4 is 11.1 Å². The third-order valence-electron chi connectivity index (χ3n) is 3.45. The van der Waals surface area contributed by atoms with Gasteiger partial charge in [-0.1, -0.05) is 0 Å². The minimum Gasteiger partial charge on any atom is -0.396 e. The zero-order chi connectivity index (χ0) is 11.4. The monoisotopic (exact) mass is 222 g/mol. The summed E-state index contributed by atoms with van der Waals surface area (Å²) in [6, 6.07) is 0.536. The van der Waals surface area contributed by atoms with E-state index >= 15 is 0 Å². The largest absolute Gasteiger partial charge is 0.396 e. The fraction of sp³-hybridized carbons (Fsp3) is 0.750. The first-order chi connectivity index (χ1) is 7.78. The van der Waals surface area contributed by atoms with Crippen molar-refractivity contribution in [2.24, 2.45) is 11.7 Å². The molecule has 1 aliphatic carbocycles. The molecule has 2 aliphatic rings. The summed E-state index contributed by atoms with van der Waals surface area (Å²) >= 11 is 0. The summed E-state index contributed by atoms with van der Waals surface area (Å²) in [6.45, 7) is 3.71. The van der Waals surface area contributed by atoms with Gasteiger partial charge in [-0.25, -0.2) is 0 Å². The minimum absolute atomic E-state index is 0.500. The Morgan fingerprint density at radius 3 is 2.56 bits per heavy atom. The molecule has 1 saturated carbocycles. The van der Waals surface area contributed by atoms with E-state index in [0.29, 0.717) is 11.7 Å². The molecule has 1 saturated heterocycles. The number of hydrogen-bond acceptors (Lipinski definition) is 4. The highest BCUT2D eigenvalue weighted by atomic mass is 15.1. The topological polar surface area (TPSA) is 65.1 Å². The first-order valence-corrected chi connectivity index (χ1v) is 6.22. The smallest absolute Gasteiger partial charge is 0.0652 e. The molecule has 0 amide bonds. The van der Waals surface area contributed by atoms with Gasteiger partial charge in [0.25, 0.3) is 0 Å². The second-order valence-electron chi connectivity index (χ2n) is 4.97. The molecule has 2 rings (SSSR count). The van der Waals surface area contributed by atoms with Crippen LogP contribution in [0.5, 0.6) is 0 Å². The molecule has 1 heterocycles. The highest BCUT2D eigenvalue weighted by molar-refractivity contribution is 5.73. The van der Waals surface area contributed by atoms with Crippen molar-refractivity contribution in [1.29, 1.82) is 5.41 Å². The van der Waals surface area contributed by atoms with E-state index in [1.165, 1.54) is 51.5 Å². The molecule has 0 bridgehead atoms. The SMILES string of the molecule is N=C/C(N)=C\NC1CCN(CC2CC2)CC1. The highest BCUT2D eigenvalue weighted by Gasteiger charge is 2.26. The van der Waals surface area contributed by atoms with Crippen LogP contribution in [0, 0.1) is 11.3 Å². The lowest BCUT2D eigenvalue weighted by Gasteiger charge is -2.32. The average molecular weight is 222 g/mol. The molecule has 90 valence electrons. The molecule has 0 radical (unpaired) electrons. The number of likely N-dealkylation sites (tertiary alicyclic amines) is 1. The Hall–Kier alpha value is -1.03. The Kier molecular flexibility index (Phi) is 3.83. The van der Waals surface area contributed by atoms with Crippen molar-refractivity contribution in [1.82, 2.24) is 10.2 Å². The van der Waals surface area contributed by atoms with Gasteiger partial charge in [-0.15, -0.1) is 0 Å². The van der Waals surface area contributed by atoms with Crippen molar-refractivity contribution < 1.29 is 0 Å². The predicted octanol–water partition coefficient (Wildman–Crippen LogP) is 0.900. The molecule has 4 nitrogen and oxygen atoms in total. The predicted molar refractivity (Wildman–Crippen MR) is 66.4 cm³/mol. The Bertz CT molecular complexity index is 262.